The number of rotatable bonds is 2. The Balaban J connectivity index is 2.92. The Hall–Kier alpha value is -0.900. The number of hydrogen-bond acceptors (Lipinski definition) is 2. The minimum absolute atomic E-state index is 0.289. The van der Waals surface area contributed by atoms with Crippen LogP contribution in [0.5, 0.6) is 0 Å². The van der Waals surface area contributed by atoms with Gasteiger partial charge in [-0.05, 0) is 23.9 Å². The Morgan fingerprint density at radius 3 is 2.82 bits per heavy atom. The van der Waals surface area contributed by atoms with E-state index in [2.05, 4.69) is 0 Å². The van der Waals surface area contributed by atoms with Gasteiger partial charge in [0.05, 0.1) is 4.88 Å². The van der Waals surface area contributed by atoms with Gasteiger partial charge in [-0.25, -0.2) is 9.18 Å². The van der Waals surface area contributed by atoms with Crippen LogP contribution in [0.4, 0.5) is 4.39 Å². The zero-order valence-corrected chi connectivity index (χ0v) is 6.69. The zero-order valence-electron chi connectivity index (χ0n) is 5.87. The lowest BCUT2D eigenvalue weighted by Crippen LogP contribution is -2.04. The number of aryl methyl sites for hydroxylation is 1. The maximum absolute atomic E-state index is 12.8. The minimum Gasteiger partial charge on any atom is -0.479 e. The van der Waals surface area contributed by atoms with Gasteiger partial charge in [-0.2, -0.15) is 0 Å². The van der Waals surface area contributed by atoms with Gasteiger partial charge in [0, 0.05) is 0 Å². The third kappa shape index (κ3) is 1.57. The molecule has 1 aromatic heterocycles. The van der Waals surface area contributed by atoms with Crippen LogP contribution >= 0.6 is 11.3 Å². The van der Waals surface area contributed by atoms with Gasteiger partial charge in [0.15, 0.2) is 0 Å². The highest BCUT2D eigenvalue weighted by Gasteiger charge is 2.21. The molecule has 0 aliphatic rings. The van der Waals surface area contributed by atoms with Crippen LogP contribution in [0.3, 0.4) is 0 Å². The predicted octanol–water partition coefficient (Wildman–Crippen LogP) is 2.15. The van der Waals surface area contributed by atoms with E-state index in [0.29, 0.717) is 5.56 Å². The van der Waals surface area contributed by atoms with Crippen molar-refractivity contribution in [3.63, 3.8) is 0 Å². The smallest absolute Gasteiger partial charge is 0.343 e. The second-order valence-corrected chi connectivity index (χ2v) is 3.12. The third-order valence-corrected chi connectivity index (χ3v) is 2.40. The van der Waals surface area contributed by atoms with Gasteiger partial charge in [-0.1, -0.05) is 0 Å². The average Bonchev–Trinajstić information content (AvgIpc) is 2.33. The maximum Gasteiger partial charge on any atom is 0.343 e. The third-order valence-electron chi connectivity index (χ3n) is 1.35. The van der Waals surface area contributed by atoms with Crippen LogP contribution in [0.15, 0.2) is 11.4 Å². The number of aliphatic carboxylic acids is 1. The molecule has 0 aliphatic carbocycles. The van der Waals surface area contributed by atoms with Crippen molar-refractivity contribution in [2.75, 3.05) is 0 Å². The molecule has 0 saturated carbocycles. The van der Waals surface area contributed by atoms with Crippen LogP contribution in [0.25, 0.3) is 0 Å². The topological polar surface area (TPSA) is 37.3 Å². The Labute approximate surface area is 67.3 Å². The summed E-state index contributed by atoms with van der Waals surface area (Å²) in [5, 5.41) is 9.99. The number of carbonyl (C=O) groups is 1. The molecule has 11 heavy (non-hydrogen) atoms. The first kappa shape index (κ1) is 8.20. The lowest BCUT2D eigenvalue weighted by Gasteiger charge is -1.99. The van der Waals surface area contributed by atoms with Crippen LogP contribution < -0.4 is 0 Å². The quantitative estimate of drug-likeness (QED) is 0.745. The highest BCUT2D eigenvalue weighted by molar-refractivity contribution is 7.10. The summed E-state index contributed by atoms with van der Waals surface area (Å²) in [5.41, 5.74) is 0.699. The molecule has 1 unspecified atom stereocenters. The van der Waals surface area contributed by atoms with Gasteiger partial charge in [-0.15, -0.1) is 11.3 Å². The summed E-state index contributed by atoms with van der Waals surface area (Å²) in [5.74, 6) is -1.42. The average molecular weight is 174 g/mol. The molecule has 4 heteroatoms. The summed E-state index contributed by atoms with van der Waals surface area (Å²) < 4.78 is 12.8. The second kappa shape index (κ2) is 3.00. The van der Waals surface area contributed by atoms with Crippen LogP contribution in [0, 0.1) is 6.92 Å². The SMILES string of the molecule is Cc1ccsc1C(F)C(=O)O. The van der Waals surface area contributed by atoms with Crippen LogP contribution in [-0.4, -0.2) is 11.1 Å². The fraction of sp³-hybridized carbons (Fsp3) is 0.286. The summed E-state index contributed by atoms with van der Waals surface area (Å²) in [6.07, 6.45) is -1.87. The van der Waals surface area contributed by atoms with Gasteiger partial charge < -0.3 is 5.11 Å². The molecule has 1 heterocycles. The van der Waals surface area contributed by atoms with Gasteiger partial charge in [0.25, 0.3) is 0 Å². The van der Waals surface area contributed by atoms with Crippen molar-refractivity contribution in [2.45, 2.75) is 13.1 Å². The number of carboxylic acid groups (broad SMARTS) is 1. The molecule has 0 amide bonds. The van der Waals surface area contributed by atoms with E-state index in [1.165, 1.54) is 0 Å². The van der Waals surface area contributed by atoms with Gasteiger partial charge >= 0.3 is 5.97 Å². The van der Waals surface area contributed by atoms with Crippen molar-refractivity contribution in [3.05, 3.63) is 21.9 Å². The van der Waals surface area contributed by atoms with Crippen molar-refractivity contribution in [2.24, 2.45) is 0 Å². The van der Waals surface area contributed by atoms with Crippen molar-refractivity contribution >= 4 is 17.3 Å². The molecule has 0 aromatic carbocycles. The number of carboxylic acids is 1. The molecule has 0 radical (unpaired) electrons. The highest BCUT2D eigenvalue weighted by atomic mass is 32.1. The number of alkyl halides is 1. The Kier molecular flexibility index (Phi) is 2.24. The van der Waals surface area contributed by atoms with E-state index in [1.807, 2.05) is 0 Å². The molecule has 1 N–H and O–H groups in total. The van der Waals surface area contributed by atoms with E-state index in [1.54, 1.807) is 18.4 Å². The van der Waals surface area contributed by atoms with Crippen molar-refractivity contribution in [1.82, 2.24) is 0 Å². The monoisotopic (exact) mass is 174 g/mol. The van der Waals surface area contributed by atoms with E-state index in [9.17, 15) is 9.18 Å². The fourth-order valence-corrected chi connectivity index (χ4v) is 1.65. The van der Waals surface area contributed by atoms with Crippen LogP contribution in [0.2, 0.25) is 0 Å². The molecule has 0 fully saturated rings. The lowest BCUT2D eigenvalue weighted by atomic mass is 10.2. The molecule has 0 aliphatic heterocycles. The predicted molar refractivity (Wildman–Crippen MR) is 40.5 cm³/mol. The van der Waals surface area contributed by atoms with E-state index < -0.39 is 12.1 Å². The van der Waals surface area contributed by atoms with E-state index in [4.69, 9.17) is 5.11 Å². The lowest BCUT2D eigenvalue weighted by molar-refractivity contribution is -0.142. The maximum atomic E-state index is 12.8. The van der Waals surface area contributed by atoms with E-state index in [0.717, 1.165) is 11.3 Å². The largest absolute Gasteiger partial charge is 0.479 e. The number of hydrogen-bond donors (Lipinski definition) is 1. The Morgan fingerprint density at radius 1 is 1.82 bits per heavy atom. The molecule has 1 rings (SSSR count). The summed E-state index contributed by atoms with van der Waals surface area (Å²) >= 11 is 1.13. The zero-order chi connectivity index (χ0) is 8.43. The molecule has 1 aromatic rings. The first-order valence-corrected chi connectivity index (χ1v) is 3.91. The van der Waals surface area contributed by atoms with E-state index in [-0.39, 0.29) is 4.88 Å². The second-order valence-electron chi connectivity index (χ2n) is 2.17. The normalized spacial score (nSPS) is 12.9. The van der Waals surface area contributed by atoms with Crippen molar-refractivity contribution in [1.29, 1.82) is 0 Å². The molecule has 60 valence electrons. The van der Waals surface area contributed by atoms with Gasteiger partial charge in [0.1, 0.15) is 0 Å². The summed E-state index contributed by atoms with van der Waals surface area (Å²) in [6, 6.07) is 1.70. The highest BCUT2D eigenvalue weighted by Crippen LogP contribution is 2.26. The summed E-state index contributed by atoms with van der Waals surface area (Å²) in [4.78, 5) is 10.5. The molecule has 2 nitrogen and oxygen atoms in total. The van der Waals surface area contributed by atoms with Crippen molar-refractivity contribution < 1.29 is 14.3 Å². The number of thiophene rings is 1. The first-order chi connectivity index (χ1) is 5.13. The minimum atomic E-state index is -1.87. The van der Waals surface area contributed by atoms with Crippen molar-refractivity contribution in [3.8, 4) is 0 Å². The van der Waals surface area contributed by atoms with Gasteiger partial charge in [0.2, 0.25) is 6.17 Å². The molecule has 0 spiro atoms. The number of halogens is 1. The molecule has 0 bridgehead atoms. The van der Waals surface area contributed by atoms with Crippen LogP contribution in [0.1, 0.15) is 16.6 Å². The molecule has 1 atom stereocenters. The first-order valence-electron chi connectivity index (χ1n) is 3.04. The Morgan fingerprint density at radius 2 is 2.45 bits per heavy atom. The Bertz CT molecular complexity index is 269. The van der Waals surface area contributed by atoms with Crippen LogP contribution in [-0.2, 0) is 4.79 Å². The van der Waals surface area contributed by atoms with Gasteiger partial charge in [-0.3, -0.25) is 0 Å². The summed E-state index contributed by atoms with van der Waals surface area (Å²) in [6.45, 7) is 1.70. The van der Waals surface area contributed by atoms with E-state index >= 15 is 0 Å². The summed E-state index contributed by atoms with van der Waals surface area (Å²) in [7, 11) is 0. The fourth-order valence-electron chi connectivity index (χ4n) is 0.756. The standard InChI is InChI=1S/C7H7FO2S/c1-4-2-3-11-6(4)5(8)7(9)10/h2-3,5H,1H3,(H,9,10). The molecule has 0 saturated heterocycles. The molecular weight excluding hydrogens is 167 g/mol. The molecular formula is C7H7FO2S.